The molecule has 0 saturated carbocycles. The molecule has 2 N–H and O–H groups in total. The van der Waals surface area contributed by atoms with Crippen LogP contribution in [-0.2, 0) is 37.8 Å². The third kappa shape index (κ3) is 12.0. The van der Waals surface area contributed by atoms with Gasteiger partial charge < -0.3 is 23.4 Å². The van der Waals surface area contributed by atoms with Gasteiger partial charge in [-0.25, -0.2) is 16.8 Å². The smallest absolute Gasteiger partial charge is 0.243 e. The van der Waals surface area contributed by atoms with Gasteiger partial charge in [0.15, 0.2) is 33.3 Å². The minimum atomic E-state index is -4.40. The standard InChI is InChI=1S/C48H85N3O8S2Si4/c1-45(2,3)62(13,14)56-31-27-50(28-32-57-63(15,16)46(4,5)6)60(52,53)41-35-42(39-25-24-37-40(49)26-22-36-21-23-38(41)44(39)43(36)37)61(54,55)51(29-33-58-64(17,18)47(7,8)9)30-34-59-65(19,20)48(10,11)12/h21-26,35H,27-34,49H2,1-20H3. The monoisotopic (exact) mass is 1010 g/mol. The zero-order valence-corrected chi connectivity index (χ0v) is 49.4. The maximum absolute atomic E-state index is 15.6. The topological polar surface area (TPSA) is 138 Å². The fourth-order valence-electron chi connectivity index (χ4n) is 6.74. The van der Waals surface area contributed by atoms with E-state index < -0.39 is 53.3 Å². The second kappa shape index (κ2) is 19.2. The maximum Gasteiger partial charge on any atom is 0.243 e. The van der Waals surface area contributed by atoms with Crippen LogP contribution in [0.4, 0.5) is 5.69 Å². The van der Waals surface area contributed by atoms with Gasteiger partial charge >= 0.3 is 0 Å². The van der Waals surface area contributed by atoms with Gasteiger partial charge in [0.1, 0.15) is 0 Å². The molecule has 0 bridgehead atoms. The second-order valence-electron chi connectivity index (χ2n) is 24.0. The molecule has 0 saturated heterocycles. The number of rotatable bonds is 20. The number of benzene rings is 4. The predicted octanol–water partition coefficient (Wildman–Crippen LogP) is 12.2. The van der Waals surface area contributed by atoms with Crippen molar-refractivity contribution < 1.29 is 34.5 Å². The number of hydrogen-bond acceptors (Lipinski definition) is 9. The largest absolute Gasteiger partial charge is 0.415 e. The van der Waals surface area contributed by atoms with E-state index in [0.29, 0.717) is 21.8 Å². The Bertz CT molecular complexity index is 2340. The molecule has 0 aliphatic carbocycles. The molecule has 4 aromatic carbocycles. The zero-order chi connectivity index (χ0) is 49.8. The van der Waals surface area contributed by atoms with Crippen LogP contribution in [-0.4, -0.2) is 111 Å². The molecule has 17 heteroatoms. The van der Waals surface area contributed by atoms with Crippen molar-refractivity contribution in [2.75, 3.05) is 58.3 Å². The van der Waals surface area contributed by atoms with Crippen molar-refractivity contribution in [2.45, 2.75) is 165 Å². The van der Waals surface area contributed by atoms with Crippen LogP contribution < -0.4 is 5.73 Å². The molecule has 4 aromatic rings. The molecular formula is C48H85N3O8S2Si4. The van der Waals surface area contributed by atoms with E-state index in [1.54, 1.807) is 12.1 Å². The SMILES string of the molecule is CC(C)(C)[Si](C)(C)OCCN(CCO[Si](C)(C)C(C)(C)C)S(=O)(=O)c1cc(S(=O)(=O)N(CCO[Si](C)(C)C(C)(C)C)CCO[Si](C)(C)C(C)(C)C)c2ccc3c(N)ccc4ccc1c2c43. The van der Waals surface area contributed by atoms with Crippen molar-refractivity contribution in [1.29, 1.82) is 0 Å². The highest BCUT2D eigenvalue weighted by molar-refractivity contribution is 7.90. The minimum absolute atomic E-state index is 0.0639. The van der Waals surface area contributed by atoms with E-state index in [9.17, 15) is 0 Å². The molecule has 0 atom stereocenters. The lowest BCUT2D eigenvalue weighted by Gasteiger charge is -2.38. The first-order valence-corrected chi connectivity index (χ1v) is 37.8. The summed E-state index contributed by atoms with van der Waals surface area (Å²) in [7, 11) is -17.9. The van der Waals surface area contributed by atoms with Gasteiger partial charge in [-0.2, -0.15) is 8.61 Å². The molecule has 11 nitrogen and oxygen atoms in total. The van der Waals surface area contributed by atoms with E-state index in [2.05, 4.69) is 135 Å². The van der Waals surface area contributed by atoms with Gasteiger partial charge in [0, 0.05) is 79.8 Å². The molecule has 0 spiro atoms. The number of anilines is 1. The lowest BCUT2D eigenvalue weighted by atomic mass is 9.93. The first-order valence-electron chi connectivity index (χ1n) is 23.3. The highest BCUT2D eigenvalue weighted by atomic mass is 32.2. The van der Waals surface area contributed by atoms with E-state index >= 15 is 16.8 Å². The number of nitrogen functional groups attached to an aromatic ring is 1. The highest BCUT2D eigenvalue weighted by Crippen LogP contribution is 2.44. The van der Waals surface area contributed by atoms with Crippen LogP contribution in [0.3, 0.4) is 0 Å². The molecule has 0 heterocycles. The van der Waals surface area contributed by atoms with E-state index in [1.165, 1.54) is 14.7 Å². The number of nitrogens with zero attached hydrogens (tertiary/aromatic N) is 2. The number of sulfonamides is 2. The number of nitrogens with two attached hydrogens (primary N) is 1. The first-order chi connectivity index (χ1) is 29.2. The van der Waals surface area contributed by atoms with Crippen molar-refractivity contribution >= 4 is 91.3 Å². The summed E-state index contributed by atoms with van der Waals surface area (Å²) >= 11 is 0. The molecule has 65 heavy (non-hydrogen) atoms. The van der Waals surface area contributed by atoms with Gasteiger partial charge in [-0.05, 0) is 95.4 Å². The number of hydrogen-bond donors (Lipinski definition) is 1. The summed E-state index contributed by atoms with van der Waals surface area (Å²) in [6.07, 6.45) is 0. The van der Waals surface area contributed by atoms with Crippen LogP contribution >= 0.6 is 0 Å². The van der Waals surface area contributed by atoms with Crippen LogP contribution in [0.15, 0.2) is 52.3 Å². The summed E-state index contributed by atoms with van der Waals surface area (Å²) < 4.78 is 91.7. The van der Waals surface area contributed by atoms with E-state index in [4.69, 9.17) is 23.4 Å². The van der Waals surface area contributed by atoms with Crippen LogP contribution in [0.5, 0.6) is 0 Å². The summed E-state index contributed by atoms with van der Waals surface area (Å²) in [6.45, 7) is 44.0. The molecule has 0 radical (unpaired) electrons. The summed E-state index contributed by atoms with van der Waals surface area (Å²) in [6, 6.07) is 12.4. The van der Waals surface area contributed by atoms with Crippen molar-refractivity contribution in [2.24, 2.45) is 0 Å². The Balaban J connectivity index is 1.99. The molecular weight excluding hydrogens is 923 g/mol. The average molecular weight is 1010 g/mol. The van der Waals surface area contributed by atoms with Gasteiger partial charge in [0.25, 0.3) is 0 Å². The lowest BCUT2D eigenvalue weighted by Crippen LogP contribution is -2.46. The lowest BCUT2D eigenvalue weighted by molar-refractivity contribution is 0.219. The molecule has 0 unspecified atom stereocenters. The predicted molar refractivity (Wildman–Crippen MR) is 285 cm³/mol. The van der Waals surface area contributed by atoms with Crippen molar-refractivity contribution in [1.82, 2.24) is 8.61 Å². The molecule has 368 valence electrons. The first kappa shape index (κ1) is 55.8. The van der Waals surface area contributed by atoms with Crippen molar-refractivity contribution in [3.8, 4) is 0 Å². The summed E-state index contributed by atoms with van der Waals surface area (Å²) in [5.74, 6) is 0. The average Bonchev–Trinajstić information content (AvgIpc) is 3.14. The molecule has 0 amide bonds. The minimum Gasteiger partial charge on any atom is -0.415 e. The van der Waals surface area contributed by atoms with Gasteiger partial charge in [-0.3, -0.25) is 0 Å². The van der Waals surface area contributed by atoms with Crippen molar-refractivity contribution in [3.05, 3.63) is 42.5 Å². The fourth-order valence-corrected chi connectivity index (χ4v) is 14.2. The van der Waals surface area contributed by atoms with Gasteiger partial charge in [0.05, 0.1) is 9.79 Å². The third-order valence-electron chi connectivity index (χ3n) is 15.4. The highest BCUT2D eigenvalue weighted by Gasteiger charge is 2.42. The second-order valence-corrected chi connectivity index (χ2v) is 47.1. The van der Waals surface area contributed by atoms with Crippen molar-refractivity contribution in [3.63, 3.8) is 0 Å². The normalized spacial score (nSPS) is 14.9. The summed E-state index contributed by atoms with van der Waals surface area (Å²) in [5.41, 5.74) is 7.11. The Morgan fingerprint density at radius 2 is 0.723 bits per heavy atom. The summed E-state index contributed by atoms with van der Waals surface area (Å²) in [5, 5.41) is 3.32. The quantitative estimate of drug-likeness (QED) is 0.0521. The molecule has 0 aliphatic heterocycles. The fraction of sp³-hybridized carbons (Fsp3) is 0.667. The van der Waals surface area contributed by atoms with Crippen LogP contribution in [0, 0.1) is 0 Å². The Morgan fingerprint density at radius 1 is 0.446 bits per heavy atom. The van der Waals surface area contributed by atoms with Crippen LogP contribution in [0.2, 0.25) is 72.5 Å². The third-order valence-corrected chi connectivity index (χ3v) is 37.4. The van der Waals surface area contributed by atoms with Gasteiger partial charge in [-0.15, -0.1) is 0 Å². The Labute approximate surface area is 398 Å². The molecule has 4 rings (SSSR count). The summed E-state index contributed by atoms with van der Waals surface area (Å²) in [4.78, 5) is -0.176. The van der Waals surface area contributed by atoms with Crippen LogP contribution in [0.25, 0.3) is 32.3 Å². The van der Waals surface area contributed by atoms with Crippen LogP contribution in [0.1, 0.15) is 83.1 Å². The molecule has 0 aliphatic rings. The Morgan fingerprint density at radius 3 is 1.03 bits per heavy atom. The van der Waals surface area contributed by atoms with Gasteiger partial charge in [0.2, 0.25) is 20.0 Å². The molecule has 0 fully saturated rings. The van der Waals surface area contributed by atoms with E-state index in [1.807, 2.05) is 24.3 Å². The zero-order valence-electron chi connectivity index (χ0n) is 43.8. The van der Waals surface area contributed by atoms with E-state index in [-0.39, 0.29) is 82.6 Å². The Hall–Kier alpha value is -1.75. The Kier molecular flexibility index (Phi) is 16.5. The van der Waals surface area contributed by atoms with E-state index in [0.717, 1.165) is 16.2 Å². The maximum atomic E-state index is 15.6. The van der Waals surface area contributed by atoms with Gasteiger partial charge in [-0.1, -0.05) is 113 Å². The molecule has 0 aromatic heterocycles.